The van der Waals surface area contributed by atoms with Crippen LogP contribution in [0, 0.1) is 5.92 Å². The van der Waals surface area contributed by atoms with Crippen molar-refractivity contribution >= 4 is 11.8 Å². The average Bonchev–Trinajstić information content (AvgIpc) is 2.98. The average molecular weight is 373 g/mol. The topological polar surface area (TPSA) is 49.9 Å². The zero-order valence-electron chi connectivity index (χ0n) is 16.3. The van der Waals surface area contributed by atoms with Gasteiger partial charge >= 0.3 is 0 Å². The molecule has 2 aliphatic rings. The molecule has 0 N–H and O–H groups in total. The van der Waals surface area contributed by atoms with Crippen molar-refractivity contribution < 1.29 is 14.3 Å². The van der Waals surface area contributed by atoms with E-state index in [2.05, 4.69) is 0 Å². The number of carbonyl (C=O) groups excluding carboxylic acids is 2. The van der Waals surface area contributed by atoms with E-state index < -0.39 is 0 Å². The van der Waals surface area contributed by atoms with Crippen LogP contribution in [0.1, 0.15) is 51.4 Å². The second-order valence-electron chi connectivity index (χ2n) is 7.66. The second kappa shape index (κ2) is 10.3. The fourth-order valence-electron chi connectivity index (χ4n) is 4.08. The lowest BCUT2D eigenvalue weighted by Crippen LogP contribution is -2.40. The van der Waals surface area contributed by atoms with Crippen molar-refractivity contribution in [3.8, 4) is 5.75 Å². The third-order valence-corrected chi connectivity index (χ3v) is 5.66. The van der Waals surface area contributed by atoms with Gasteiger partial charge in [-0.05, 0) is 37.8 Å². The molecule has 1 aromatic carbocycles. The van der Waals surface area contributed by atoms with Gasteiger partial charge in [0.15, 0.2) is 0 Å². The molecule has 0 unspecified atom stereocenters. The number of nitrogens with zero attached hydrogens (tertiary/aromatic N) is 2. The van der Waals surface area contributed by atoms with Crippen LogP contribution in [0.25, 0.3) is 0 Å². The highest BCUT2D eigenvalue weighted by Gasteiger charge is 2.28. The summed E-state index contributed by atoms with van der Waals surface area (Å²) in [6, 6.07) is 9.69. The molecule has 2 fully saturated rings. The molecule has 5 heteroatoms. The molecule has 1 aromatic rings. The van der Waals surface area contributed by atoms with Crippen molar-refractivity contribution in [2.75, 3.05) is 32.8 Å². The quantitative estimate of drug-likeness (QED) is 0.718. The molecular formula is C22H32N2O3. The van der Waals surface area contributed by atoms with Crippen LogP contribution >= 0.6 is 0 Å². The first-order valence-electron chi connectivity index (χ1n) is 10.5. The number of hydrogen-bond donors (Lipinski definition) is 0. The summed E-state index contributed by atoms with van der Waals surface area (Å²) in [6.07, 6.45) is 7.81. The number of carbonyl (C=O) groups is 2. The van der Waals surface area contributed by atoms with Crippen LogP contribution in [0.2, 0.25) is 0 Å². The summed E-state index contributed by atoms with van der Waals surface area (Å²) in [5, 5.41) is 0. The van der Waals surface area contributed by atoms with Gasteiger partial charge in [-0.15, -0.1) is 0 Å². The van der Waals surface area contributed by atoms with Crippen molar-refractivity contribution in [1.82, 2.24) is 9.80 Å². The Morgan fingerprint density at radius 3 is 2.37 bits per heavy atom. The molecule has 1 aliphatic heterocycles. The number of hydrogen-bond acceptors (Lipinski definition) is 3. The van der Waals surface area contributed by atoms with E-state index in [9.17, 15) is 9.59 Å². The lowest BCUT2D eigenvalue weighted by atomic mass is 9.88. The fourth-order valence-corrected chi connectivity index (χ4v) is 4.08. The van der Waals surface area contributed by atoms with E-state index >= 15 is 0 Å². The molecule has 1 saturated carbocycles. The Bertz CT molecular complexity index is 599. The minimum atomic E-state index is 0.179. The lowest BCUT2D eigenvalue weighted by molar-refractivity contribution is -0.137. The normalized spacial score (nSPS) is 18.8. The van der Waals surface area contributed by atoms with Gasteiger partial charge in [-0.25, -0.2) is 0 Å². The van der Waals surface area contributed by atoms with Crippen LogP contribution in [0.15, 0.2) is 30.3 Å². The summed E-state index contributed by atoms with van der Waals surface area (Å²) in [6.45, 7) is 3.44. The number of para-hydroxylation sites is 1. The summed E-state index contributed by atoms with van der Waals surface area (Å²) in [4.78, 5) is 29.2. The van der Waals surface area contributed by atoms with Gasteiger partial charge in [-0.2, -0.15) is 0 Å². The van der Waals surface area contributed by atoms with Gasteiger partial charge in [0.1, 0.15) is 5.75 Å². The summed E-state index contributed by atoms with van der Waals surface area (Å²) in [5.41, 5.74) is 0. The summed E-state index contributed by atoms with van der Waals surface area (Å²) in [5.74, 6) is 1.56. The van der Waals surface area contributed by atoms with E-state index in [0.717, 1.165) is 44.5 Å². The highest BCUT2D eigenvalue weighted by atomic mass is 16.5. The number of rotatable bonds is 6. The Balaban J connectivity index is 1.38. The predicted octanol–water partition coefficient (Wildman–Crippen LogP) is 3.49. The Labute approximate surface area is 162 Å². The first-order valence-corrected chi connectivity index (χ1v) is 10.5. The molecule has 0 atom stereocenters. The van der Waals surface area contributed by atoms with Crippen molar-refractivity contribution in [2.24, 2.45) is 5.92 Å². The molecule has 5 nitrogen and oxygen atoms in total. The zero-order chi connectivity index (χ0) is 18.9. The van der Waals surface area contributed by atoms with E-state index in [-0.39, 0.29) is 11.8 Å². The second-order valence-corrected chi connectivity index (χ2v) is 7.66. The first-order chi connectivity index (χ1) is 13.2. The number of benzene rings is 1. The highest BCUT2D eigenvalue weighted by Crippen LogP contribution is 2.26. The zero-order valence-corrected chi connectivity index (χ0v) is 16.3. The monoisotopic (exact) mass is 372 g/mol. The van der Waals surface area contributed by atoms with Gasteiger partial charge in [-0.3, -0.25) is 9.59 Å². The van der Waals surface area contributed by atoms with Crippen LogP contribution in [0.3, 0.4) is 0 Å². The maximum atomic E-state index is 12.7. The lowest BCUT2D eigenvalue weighted by Gasteiger charge is -2.28. The number of amides is 2. The van der Waals surface area contributed by atoms with Gasteiger partial charge in [-0.1, -0.05) is 37.5 Å². The van der Waals surface area contributed by atoms with Gasteiger partial charge in [0, 0.05) is 38.5 Å². The Morgan fingerprint density at radius 1 is 0.889 bits per heavy atom. The van der Waals surface area contributed by atoms with Crippen molar-refractivity contribution in [3.05, 3.63) is 30.3 Å². The molecule has 0 spiro atoms. The highest BCUT2D eigenvalue weighted by molar-refractivity contribution is 5.79. The Hall–Kier alpha value is -2.04. The molecule has 1 aliphatic carbocycles. The minimum Gasteiger partial charge on any atom is -0.494 e. The van der Waals surface area contributed by atoms with Gasteiger partial charge in [0.2, 0.25) is 11.8 Å². The van der Waals surface area contributed by atoms with E-state index in [4.69, 9.17) is 4.74 Å². The molecule has 27 heavy (non-hydrogen) atoms. The van der Waals surface area contributed by atoms with E-state index in [1.165, 1.54) is 19.3 Å². The van der Waals surface area contributed by atoms with Crippen LogP contribution in [-0.4, -0.2) is 54.4 Å². The largest absolute Gasteiger partial charge is 0.494 e. The predicted molar refractivity (Wildman–Crippen MR) is 106 cm³/mol. The smallest absolute Gasteiger partial charge is 0.225 e. The van der Waals surface area contributed by atoms with E-state index in [0.29, 0.717) is 32.0 Å². The van der Waals surface area contributed by atoms with Gasteiger partial charge in [0.05, 0.1) is 6.61 Å². The molecule has 1 heterocycles. The summed E-state index contributed by atoms with van der Waals surface area (Å²) in [7, 11) is 0. The Kier molecular flexibility index (Phi) is 7.55. The van der Waals surface area contributed by atoms with Crippen LogP contribution < -0.4 is 4.74 Å². The molecular weight excluding hydrogens is 340 g/mol. The minimum absolute atomic E-state index is 0.179. The number of ether oxygens (including phenoxy) is 1. The third-order valence-electron chi connectivity index (χ3n) is 5.66. The molecule has 0 bridgehead atoms. The summed E-state index contributed by atoms with van der Waals surface area (Å²) >= 11 is 0. The van der Waals surface area contributed by atoms with Crippen LogP contribution in [-0.2, 0) is 9.59 Å². The fraction of sp³-hybridized carbons (Fsp3) is 0.636. The first kappa shape index (κ1) is 19.7. The van der Waals surface area contributed by atoms with Gasteiger partial charge in [0.25, 0.3) is 0 Å². The maximum Gasteiger partial charge on any atom is 0.225 e. The molecule has 3 rings (SSSR count). The van der Waals surface area contributed by atoms with Crippen molar-refractivity contribution in [3.63, 3.8) is 0 Å². The molecule has 2 amide bonds. The third kappa shape index (κ3) is 5.98. The maximum absolute atomic E-state index is 12.7. The molecule has 0 radical (unpaired) electrons. The van der Waals surface area contributed by atoms with E-state index in [1.807, 2.05) is 40.1 Å². The van der Waals surface area contributed by atoms with Crippen molar-refractivity contribution in [2.45, 2.75) is 51.4 Å². The van der Waals surface area contributed by atoms with Gasteiger partial charge < -0.3 is 14.5 Å². The van der Waals surface area contributed by atoms with Crippen LogP contribution in [0.4, 0.5) is 0 Å². The summed E-state index contributed by atoms with van der Waals surface area (Å²) < 4.78 is 5.66. The van der Waals surface area contributed by atoms with Crippen LogP contribution in [0.5, 0.6) is 5.75 Å². The molecule has 0 aromatic heterocycles. The standard InChI is InChI=1S/C22H32N2O3/c25-21(13-7-18-27-20-11-5-2-6-12-20)23-14-8-15-24(17-16-23)22(26)19-9-3-1-4-10-19/h2,5-6,11-12,19H,1,3-4,7-10,13-18H2. The van der Waals surface area contributed by atoms with Crippen molar-refractivity contribution in [1.29, 1.82) is 0 Å². The molecule has 148 valence electrons. The molecule has 1 saturated heterocycles. The van der Waals surface area contributed by atoms with E-state index in [1.54, 1.807) is 0 Å². The Morgan fingerprint density at radius 2 is 1.59 bits per heavy atom. The SMILES string of the molecule is O=C(CCCOc1ccccc1)N1CCCN(C(=O)C2CCCCC2)CC1.